The van der Waals surface area contributed by atoms with Gasteiger partial charge in [0.25, 0.3) is 5.91 Å². The van der Waals surface area contributed by atoms with Gasteiger partial charge >= 0.3 is 11.5 Å². The quantitative estimate of drug-likeness (QED) is 0.208. The van der Waals surface area contributed by atoms with Gasteiger partial charge in [-0.1, -0.05) is 25.6 Å². The number of H-pyrrole nitrogens is 1. The van der Waals surface area contributed by atoms with Crippen LogP contribution >= 0.6 is 35.3 Å². The van der Waals surface area contributed by atoms with Gasteiger partial charge < -0.3 is 10.4 Å². The summed E-state index contributed by atoms with van der Waals surface area (Å²) in [6.45, 7) is 3.92. The number of β-lactam (4-membered cyclic amide) rings is 1. The predicted molar refractivity (Wildman–Crippen MR) is 133 cm³/mol. The van der Waals surface area contributed by atoms with E-state index in [2.05, 4.69) is 25.9 Å². The van der Waals surface area contributed by atoms with E-state index >= 15 is 0 Å². The number of aromatic amines is 1. The van der Waals surface area contributed by atoms with Gasteiger partial charge in [0.15, 0.2) is 0 Å². The Morgan fingerprint density at radius 3 is 2.58 bits per heavy atom. The number of fused-ring (bicyclic) bond motifs is 1. The molecule has 0 radical (unpaired) electrons. The first-order chi connectivity index (χ1) is 17.8. The lowest BCUT2D eigenvalue weighted by molar-refractivity contribution is -0.150. The number of aliphatic carboxylic acids is 1. The number of rotatable bonds is 13. The highest BCUT2D eigenvalue weighted by atomic mass is 32.2. The van der Waals surface area contributed by atoms with Crippen molar-refractivity contribution in [1.82, 2.24) is 35.1 Å². The monoisotopic (exact) mass is 619 g/mol. The van der Waals surface area contributed by atoms with E-state index in [-0.39, 0.29) is 47.4 Å². The first-order valence-corrected chi connectivity index (χ1v) is 15.6. The van der Waals surface area contributed by atoms with Crippen molar-refractivity contribution < 1.29 is 41.1 Å². The molecular formula is C18H24F3N7O6S4. The molecule has 212 valence electrons. The van der Waals surface area contributed by atoms with Crippen molar-refractivity contribution in [3.05, 3.63) is 11.3 Å². The van der Waals surface area contributed by atoms with Crippen molar-refractivity contribution in [2.24, 2.45) is 0 Å². The molecule has 2 unspecified atom stereocenters. The lowest BCUT2D eigenvalue weighted by Gasteiger charge is -2.50. The molecule has 2 aliphatic rings. The van der Waals surface area contributed by atoms with E-state index in [4.69, 9.17) is 0 Å². The van der Waals surface area contributed by atoms with E-state index in [0.29, 0.717) is 0 Å². The Labute approximate surface area is 228 Å². The molecule has 20 heteroatoms. The summed E-state index contributed by atoms with van der Waals surface area (Å²) in [5.74, 6) is -4.44. The van der Waals surface area contributed by atoms with Crippen LogP contribution in [-0.2, 0) is 24.4 Å². The maximum Gasteiger partial charge on any atom is 0.442 e. The summed E-state index contributed by atoms with van der Waals surface area (Å²) in [6, 6.07) is -1.19. The molecule has 0 spiro atoms. The van der Waals surface area contributed by atoms with E-state index in [9.17, 15) is 41.1 Å². The topological polar surface area (TPSA) is 179 Å². The Morgan fingerprint density at radius 1 is 1.34 bits per heavy atom. The molecule has 3 atom stereocenters. The summed E-state index contributed by atoms with van der Waals surface area (Å²) in [4.78, 5) is 38.0. The minimum Gasteiger partial charge on any atom is -0.477 e. The highest BCUT2D eigenvalue weighted by Crippen LogP contribution is 2.44. The first-order valence-electron chi connectivity index (χ1n) is 11.1. The van der Waals surface area contributed by atoms with Crippen LogP contribution in [0.25, 0.3) is 0 Å². The number of hydrogen-bond donors (Lipinski definition) is 3. The van der Waals surface area contributed by atoms with E-state index < -0.39 is 67.5 Å². The third kappa shape index (κ3) is 7.13. The smallest absolute Gasteiger partial charge is 0.442 e. The van der Waals surface area contributed by atoms with Gasteiger partial charge in [-0.05, 0) is 29.0 Å². The molecule has 3 rings (SSSR count). The van der Waals surface area contributed by atoms with Crippen LogP contribution in [0, 0.1) is 0 Å². The number of carboxylic acids is 1. The zero-order valence-electron chi connectivity index (χ0n) is 20.0. The summed E-state index contributed by atoms with van der Waals surface area (Å²) in [5, 5.41) is 24.2. The van der Waals surface area contributed by atoms with Gasteiger partial charge in [0.1, 0.15) is 17.1 Å². The Morgan fingerprint density at radius 2 is 2.03 bits per heavy atom. The fourth-order valence-electron chi connectivity index (χ4n) is 3.89. The summed E-state index contributed by atoms with van der Waals surface area (Å²) in [7, 11) is -3.66. The van der Waals surface area contributed by atoms with Crippen LogP contribution in [0.15, 0.2) is 16.4 Å². The number of carboxylic acid groups (broad SMARTS) is 1. The number of aromatic nitrogens is 4. The number of amides is 2. The van der Waals surface area contributed by atoms with E-state index in [1.165, 1.54) is 4.31 Å². The molecule has 1 aromatic rings. The van der Waals surface area contributed by atoms with Crippen LogP contribution in [0.2, 0.25) is 0 Å². The molecule has 38 heavy (non-hydrogen) atoms. The average molecular weight is 620 g/mol. The minimum atomic E-state index is -4.62. The highest BCUT2D eigenvalue weighted by molar-refractivity contribution is 8.01. The van der Waals surface area contributed by atoms with E-state index in [1.54, 1.807) is 13.8 Å². The van der Waals surface area contributed by atoms with Crippen LogP contribution in [0.3, 0.4) is 0 Å². The molecule has 3 heterocycles. The van der Waals surface area contributed by atoms with Gasteiger partial charge in [-0.2, -0.15) is 18.4 Å². The number of tetrazole rings is 1. The van der Waals surface area contributed by atoms with Crippen molar-refractivity contribution >= 4 is 63.1 Å². The third-order valence-corrected chi connectivity index (χ3v) is 10.9. The van der Waals surface area contributed by atoms with E-state index in [1.807, 2.05) is 0 Å². The van der Waals surface area contributed by atoms with Gasteiger partial charge in [0.2, 0.25) is 21.1 Å². The molecule has 1 fully saturated rings. The van der Waals surface area contributed by atoms with Gasteiger partial charge in [-0.15, -0.1) is 22.0 Å². The van der Waals surface area contributed by atoms with Crippen molar-refractivity contribution in [3.8, 4) is 0 Å². The molecule has 2 amide bonds. The number of sulfonamides is 1. The Bertz CT molecular complexity index is 1180. The van der Waals surface area contributed by atoms with Crippen LogP contribution in [0.5, 0.6) is 0 Å². The van der Waals surface area contributed by atoms with Gasteiger partial charge in [0, 0.05) is 24.1 Å². The Hall–Kier alpha value is -2.03. The predicted octanol–water partition coefficient (Wildman–Crippen LogP) is 0.714. The molecular weight excluding hydrogens is 596 g/mol. The molecule has 0 saturated carbocycles. The summed E-state index contributed by atoms with van der Waals surface area (Å²) < 4.78 is 64.0. The molecule has 1 saturated heterocycles. The maximum absolute atomic E-state index is 12.8. The second-order valence-electron chi connectivity index (χ2n) is 7.86. The van der Waals surface area contributed by atoms with Gasteiger partial charge in [-0.25, -0.2) is 17.5 Å². The highest BCUT2D eigenvalue weighted by Gasteiger charge is 2.55. The molecule has 13 nitrogen and oxygen atoms in total. The van der Waals surface area contributed by atoms with Crippen LogP contribution in [0.1, 0.15) is 20.3 Å². The molecule has 0 aromatic carbocycles. The number of alkyl halides is 3. The third-order valence-electron chi connectivity index (χ3n) is 5.58. The fourth-order valence-corrected chi connectivity index (χ4v) is 8.53. The normalized spacial score (nSPS) is 20.8. The van der Waals surface area contributed by atoms with Gasteiger partial charge in [-0.3, -0.25) is 14.5 Å². The van der Waals surface area contributed by atoms with Crippen LogP contribution in [-0.4, -0.2) is 114 Å². The van der Waals surface area contributed by atoms with Crippen LogP contribution in [0.4, 0.5) is 13.2 Å². The van der Waals surface area contributed by atoms with Crippen molar-refractivity contribution in [3.63, 3.8) is 0 Å². The number of nitrogens with zero attached hydrogens (tertiary/aromatic N) is 5. The SMILES string of the molecule is CCN(CC)S(=O)(=O)CCC(Sc1nn[nH]n1)C1=C(C(=O)O)N2C(=O)C(NC(=O)CSC(F)(F)F)[C@@H]2SC1. The first kappa shape index (κ1) is 30.5. The standard InChI is InChI=1S/C18H24F3N7O6S4/c1-3-27(4-2)38(33,34)6-5-10(37-17-23-25-26-24-17)9-7-35-15-12(14(30)28(15)13(9)16(31)32)22-11(29)8-36-18(19,20)21/h10,12,15H,3-8H2,1-2H3,(H,22,29)(H,31,32)(H,23,24,25,26)/t10?,12?,15-/m0/s1. The number of hydrogen-bond acceptors (Lipinski definition) is 11. The second kappa shape index (κ2) is 12.4. The zero-order valence-corrected chi connectivity index (χ0v) is 23.2. The molecule has 0 aliphatic carbocycles. The Kier molecular flexibility index (Phi) is 9.98. The number of nitrogens with one attached hydrogen (secondary N) is 2. The average Bonchev–Trinajstić information content (AvgIpc) is 3.36. The second-order valence-corrected chi connectivity index (χ2v) is 13.3. The number of carbonyl (C=O) groups is 3. The zero-order chi connectivity index (χ0) is 28.3. The maximum atomic E-state index is 12.8. The molecule has 0 bridgehead atoms. The molecule has 1 aromatic heterocycles. The lowest BCUT2D eigenvalue weighted by Crippen LogP contribution is -2.71. The van der Waals surface area contributed by atoms with Gasteiger partial charge in [0.05, 0.1) is 11.5 Å². The molecule has 2 aliphatic heterocycles. The largest absolute Gasteiger partial charge is 0.477 e. The lowest BCUT2D eigenvalue weighted by atomic mass is 10.0. The van der Waals surface area contributed by atoms with E-state index in [0.717, 1.165) is 28.4 Å². The summed E-state index contributed by atoms with van der Waals surface area (Å²) >= 11 is 1.55. The fraction of sp³-hybridized carbons (Fsp3) is 0.667. The van der Waals surface area contributed by atoms with Crippen molar-refractivity contribution in [2.75, 3.05) is 30.3 Å². The number of carbonyl (C=O) groups excluding carboxylic acids is 2. The Balaban J connectivity index is 1.84. The van der Waals surface area contributed by atoms with Crippen LogP contribution < -0.4 is 5.32 Å². The summed E-state index contributed by atoms with van der Waals surface area (Å²) in [5.41, 5.74) is -4.73. The van der Waals surface area contributed by atoms with Crippen molar-refractivity contribution in [2.45, 2.75) is 47.6 Å². The molecule has 3 N–H and O–H groups in total. The number of halogens is 3. The summed E-state index contributed by atoms with van der Waals surface area (Å²) in [6.07, 6.45) is -0.0216. The number of thioether (sulfide) groups is 3. The van der Waals surface area contributed by atoms with Crippen molar-refractivity contribution in [1.29, 1.82) is 0 Å². The minimum absolute atomic E-state index is 0.0216.